The molecule has 1 aromatic heterocycles. The zero-order chi connectivity index (χ0) is 13.0. The minimum absolute atomic E-state index is 0.238. The van der Waals surface area contributed by atoms with Gasteiger partial charge in [0.05, 0.1) is 24.1 Å². The molecule has 1 heterocycles. The first kappa shape index (κ1) is 12.7. The Morgan fingerprint density at radius 3 is 2.67 bits per heavy atom. The van der Waals surface area contributed by atoms with Crippen LogP contribution < -0.4 is 5.32 Å². The second kappa shape index (κ2) is 5.71. The van der Waals surface area contributed by atoms with E-state index in [4.69, 9.17) is 5.11 Å². The fourth-order valence-electron chi connectivity index (χ4n) is 1.80. The van der Waals surface area contributed by atoms with Crippen molar-refractivity contribution in [1.29, 1.82) is 0 Å². The van der Waals surface area contributed by atoms with E-state index < -0.39 is 6.10 Å². The van der Waals surface area contributed by atoms with Crippen LogP contribution in [0.1, 0.15) is 5.56 Å². The Bertz CT molecular complexity index is 495. The topological polar surface area (TPSA) is 57.4 Å². The van der Waals surface area contributed by atoms with Crippen LogP contribution in [0.2, 0.25) is 0 Å². The molecule has 0 aliphatic rings. The van der Waals surface area contributed by atoms with Gasteiger partial charge in [0.1, 0.15) is 0 Å². The van der Waals surface area contributed by atoms with Gasteiger partial charge in [0.15, 0.2) is 0 Å². The first-order chi connectivity index (χ1) is 8.70. The maximum atomic E-state index is 9.39. The Labute approximate surface area is 107 Å². The van der Waals surface area contributed by atoms with Gasteiger partial charge in [0.25, 0.3) is 0 Å². The maximum absolute atomic E-state index is 9.39. The highest BCUT2D eigenvalue weighted by molar-refractivity contribution is 5.62. The number of rotatable bonds is 5. The zero-order valence-corrected chi connectivity index (χ0v) is 10.4. The van der Waals surface area contributed by atoms with Crippen molar-refractivity contribution in [3.63, 3.8) is 0 Å². The largest absolute Gasteiger partial charge is 0.394 e. The lowest BCUT2D eigenvalue weighted by atomic mass is 10.2. The molecule has 96 valence electrons. The van der Waals surface area contributed by atoms with Crippen molar-refractivity contribution in [2.75, 3.05) is 18.5 Å². The van der Waals surface area contributed by atoms with Crippen LogP contribution in [0.5, 0.6) is 0 Å². The predicted molar refractivity (Wildman–Crippen MR) is 72.1 cm³/mol. The van der Waals surface area contributed by atoms with Gasteiger partial charge >= 0.3 is 0 Å². The highest BCUT2D eigenvalue weighted by atomic mass is 16.3. The van der Waals surface area contributed by atoms with Gasteiger partial charge in [-0.3, -0.25) is 0 Å². The highest BCUT2D eigenvalue weighted by Gasteiger charge is 2.06. The van der Waals surface area contributed by atoms with Crippen LogP contribution in [0, 0.1) is 6.92 Å². The summed E-state index contributed by atoms with van der Waals surface area (Å²) in [5, 5.41) is 21.4. The lowest BCUT2D eigenvalue weighted by molar-refractivity contribution is 0.105. The summed E-state index contributed by atoms with van der Waals surface area (Å²) >= 11 is 0. The number of anilines is 1. The average Bonchev–Trinajstić information content (AvgIpc) is 2.89. The number of hydrogen-bond donors (Lipinski definition) is 3. The highest BCUT2D eigenvalue weighted by Crippen LogP contribution is 2.22. The molecule has 2 aromatic rings. The number of aliphatic hydroxyl groups excluding tert-OH is 2. The van der Waals surface area contributed by atoms with Crippen LogP contribution in [0.4, 0.5) is 5.69 Å². The molecule has 0 radical (unpaired) electrons. The van der Waals surface area contributed by atoms with Crippen molar-refractivity contribution < 1.29 is 10.2 Å². The Morgan fingerprint density at radius 1 is 1.28 bits per heavy atom. The van der Waals surface area contributed by atoms with Crippen LogP contribution in [0.15, 0.2) is 42.7 Å². The van der Waals surface area contributed by atoms with Gasteiger partial charge in [-0.1, -0.05) is 6.07 Å². The van der Waals surface area contributed by atoms with Gasteiger partial charge in [0, 0.05) is 18.9 Å². The molecule has 0 fully saturated rings. The predicted octanol–water partition coefficient (Wildman–Crippen LogP) is 1.55. The minimum Gasteiger partial charge on any atom is -0.394 e. The summed E-state index contributed by atoms with van der Waals surface area (Å²) in [6.07, 6.45) is 3.19. The summed E-state index contributed by atoms with van der Waals surface area (Å²) in [7, 11) is 0. The first-order valence-corrected chi connectivity index (χ1v) is 5.97. The van der Waals surface area contributed by atoms with E-state index in [0.717, 1.165) is 16.9 Å². The summed E-state index contributed by atoms with van der Waals surface area (Å²) < 4.78 is 2.01. The molecular formula is C14H18N2O2. The van der Waals surface area contributed by atoms with E-state index in [2.05, 4.69) is 5.32 Å². The lowest BCUT2D eigenvalue weighted by Gasteiger charge is -2.15. The van der Waals surface area contributed by atoms with E-state index in [1.807, 2.05) is 54.2 Å². The molecule has 0 aliphatic carbocycles. The summed E-state index contributed by atoms with van der Waals surface area (Å²) in [5.41, 5.74) is 3.11. The van der Waals surface area contributed by atoms with E-state index in [-0.39, 0.29) is 6.61 Å². The van der Waals surface area contributed by atoms with E-state index in [0.29, 0.717) is 6.54 Å². The molecule has 2 rings (SSSR count). The fraction of sp³-hybridized carbons (Fsp3) is 0.286. The smallest absolute Gasteiger partial charge is 0.0942 e. The Kier molecular flexibility index (Phi) is 4.02. The average molecular weight is 246 g/mol. The molecule has 4 heteroatoms. The molecule has 0 amide bonds. The second-order valence-electron chi connectivity index (χ2n) is 4.33. The van der Waals surface area contributed by atoms with E-state index in [1.165, 1.54) is 0 Å². The van der Waals surface area contributed by atoms with Crippen molar-refractivity contribution in [2.45, 2.75) is 13.0 Å². The number of hydrogen-bond acceptors (Lipinski definition) is 3. The van der Waals surface area contributed by atoms with Crippen molar-refractivity contribution in [3.05, 3.63) is 48.3 Å². The molecule has 1 unspecified atom stereocenters. The van der Waals surface area contributed by atoms with Crippen LogP contribution in [0.3, 0.4) is 0 Å². The van der Waals surface area contributed by atoms with Crippen molar-refractivity contribution >= 4 is 5.69 Å². The van der Waals surface area contributed by atoms with Gasteiger partial charge < -0.3 is 20.1 Å². The van der Waals surface area contributed by atoms with Gasteiger partial charge in [-0.25, -0.2) is 0 Å². The van der Waals surface area contributed by atoms with Crippen molar-refractivity contribution in [2.24, 2.45) is 0 Å². The fourth-order valence-corrected chi connectivity index (χ4v) is 1.80. The van der Waals surface area contributed by atoms with Crippen LogP contribution in [-0.4, -0.2) is 34.0 Å². The zero-order valence-electron chi connectivity index (χ0n) is 10.4. The standard InChI is InChI=1S/C14H18N2O2/c1-11-4-5-14(16-6-2-3-7-16)13(8-11)15-9-12(18)10-17/h2-8,12,15,17-18H,9-10H2,1H3. The number of benzene rings is 1. The minimum atomic E-state index is -0.747. The van der Waals surface area contributed by atoms with E-state index in [1.54, 1.807) is 0 Å². The molecule has 0 bridgehead atoms. The van der Waals surface area contributed by atoms with Crippen LogP contribution in [0.25, 0.3) is 5.69 Å². The van der Waals surface area contributed by atoms with E-state index >= 15 is 0 Å². The molecule has 3 N–H and O–H groups in total. The van der Waals surface area contributed by atoms with Crippen LogP contribution >= 0.6 is 0 Å². The number of aryl methyl sites for hydroxylation is 1. The number of aliphatic hydroxyl groups is 2. The molecular weight excluding hydrogens is 228 g/mol. The maximum Gasteiger partial charge on any atom is 0.0942 e. The van der Waals surface area contributed by atoms with Crippen molar-refractivity contribution in [3.8, 4) is 5.69 Å². The van der Waals surface area contributed by atoms with Gasteiger partial charge in [-0.2, -0.15) is 0 Å². The molecule has 1 aromatic carbocycles. The van der Waals surface area contributed by atoms with Crippen LogP contribution in [-0.2, 0) is 0 Å². The molecule has 4 nitrogen and oxygen atoms in total. The Hall–Kier alpha value is -1.78. The molecule has 0 aliphatic heterocycles. The molecule has 0 spiro atoms. The third-order valence-electron chi connectivity index (χ3n) is 2.77. The lowest BCUT2D eigenvalue weighted by Crippen LogP contribution is -2.23. The number of nitrogens with one attached hydrogen (secondary N) is 1. The second-order valence-corrected chi connectivity index (χ2v) is 4.33. The molecule has 1 atom stereocenters. The quantitative estimate of drug-likeness (QED) is 0.750. The molecule has 18 heavy (non-hydrogen) atoms. The monoisotopic (exact) mass is 246 g/mol. The Morgan fingerprint density at radius 2 is 2.00 bits per heavy atom. The summed E-state index contributed by atoms with van der Waals surface area (Å²) in [6.45, 7) is 2.11. The first-order valence-electron chi connectivity index (χ1n) is 5.97. The van der Waals surface area contributed by atoms with Gasteiger partial charge in [-0.05, 0) is 36.8 Å². The van der Waals surface area contributed by atoms with Crippen molar-refractivity contribution in [1.82, 2.24) is 4.57 Å². The van der Waals surface area contributed by atoms with Gasteiger partial charge in [-0.15, -0.1) is 0 Å². The summed E-state index contributed by atoms with van der Waals surface area (Å²) in [6, 6.07) is 10.0. The third kappa shape index (κ3) is 2.91. The molecule has 0 saturated carbocycles. The normalized spacial score (nSPS) is 12.4. The van der Waals surface area contributed by atoms with Gasteiger partial charge in [0.2, 0.25) is 0 Å². The molecule has 0 saturated heterocycles. The van der Waals surface area contributed by atoms with E-state index in [9.17, 15) is 5.11 Å². The Balaban J connectivity index is 2.24. The SMILES string of the molecule is Cc1ccc(-n2cccc2)c(NCC(O)CO)c1. The number of aromatic nitrogens is 1. The number of nitrogens with zero attached hydrogens (tertiary/aromatic N) is 1. The summed E-state index contributed by atoms with van der Waals surface area (Å²) in [5.74, 6) is 0. The third-order valence-corrected chi connectivity index (χ3v) is 2.77. The summed E-state index contributed by atoms with van der Waals surface area (Å²) in [4.78, 5) is 0.